The van der Waals surface area contributed by atoms with E-state index in [1.165, 1.54) is 11.3 Å². The van der Waals surface area contributed by atoms with E-state index >= 15 is 0 Å². The maximum atomic E-state index is 12.8. The number of rotatable bonds is 6. The summed E-state index contributed by atoms with van der Waals surface area (Å²) in [5.41, 5.74) is 2.26. The highest BCUT2D eigenvalue weighted by atomic mass is 32.1. The molecule has 3 aromatic rings. The minimum Gasteiger partial charge on any atom is -0.378 e. The van der Waals surface area contributed by atoms with Gasteiger partial charge in [-0.05, 0) is 42.0 Å². The molecule has 162 valence electrons. The van der Waals surface area contributed by atoms with Crippen molar-refractivity contribution in [3.63, 3.8) is 0 Å². The second-order valence-electron chi connectivity index (χ2n) is 7.97. The monoisotopic (exact) mass is 437 g/mol. The van der Waals surface area contributed by atoms with Crippen LogP contribution < -0.4 is 10.2 Å². The first kappa shape index (κ1) is 21.1. The Morgan fingerprint density at radius 2 is 1.87 bits per heavy atom. The van der Waals surface area contributed by atoms with Crippen molar-refractivity contribution < 1.29 is 9.59 Å². The van der Waals surface area contributed by atoms with E-state index in [-0.39, 0.29) is 17.7 Å². The summed E-state index contributed by atoms with van der Waals surface area (Å²) in [5.74, 6) is 0.647. The molecule has 1 aromatic carbocycles. The highest BCUT2D eigenvalue weighted by Gasteiger charge is 2.28. The van der Waals surface area contributed by atoms with Crippen LogP contribution in [0.1, 0.15) is 28.1 Å². The molecule has 0 saturated carbocycles. The number of hydrogen-bond acceptors (Lipinski definition) is 5. The second-order valence-corrected chi connectivity index (χ2v) is 8.92. The molecule has 7 nitrogen and oxygen atoms in total. The second kappa shape index (κ2) is 9.34. The fraction of sp³-hybridized carbons (Fsp3) is 0.348. The summed E-state index contributed by atoms with van der Waals surface area (Å²) in [6.45, 7) is 1.79. The third-order valence-electron chi connectivity index (χ3n) is 5.64. The lowest BCUT2D eigenvalue weighted by Gasteiger charge is -2.31. The summed E-state index contributed by atoms with van der Waals surface area (Å²) >= 11 is 1.46. The number of nitrogens with one attached hydrogen (secondary N) is 1. The fourth-order valence-corrected chi connectivity index (χ4v) is 4.46. The van der Waals surface area contributed by atoms with Gasteiger partial charge in [0.1, 0.15) is 5.82 Å². The molecule has 4 rings (SSSR count). The van der Waals surface area contributed by atoms with Gasteiger partial charge >= 0.3 is 0 Å². The first-order valence-corrected chi connectivity index (χ1v) is 11.3. The summed E-state index contributed by atoms with van der Waals surface area (Å²) in [5, 5.41) is 9.31. The molecular formula is C23H27N5O2S. The van der Waals surface area contributed by atoms with E-state index in [0.717, 1.165) is 16.1 Å². The van der Waals surface area contributed by atoms with Crippen LogP contribution in [0.3, 0.4) is 0 Å². The Balaban J connectivity index is 1.33. The van der Waals surface area contributed by atoms with Crippen LogP contribution in [-0.4, -0.2) is 53.7 Å². The van der Waals surface area contributed by atoms with Crippen LogP contribution in [-0.2, 0) is 11.3 Å². The Hall–Kier alpha value is -3.13. The van der Waals surface area contributed by atoms with Crippen molar-refractivity contribution in [2.75, 3.05) is 37.4 Å². The molecular weight excluding hydrogens is 410 g/mol. The number of benzene rings is 1. The van der Waals surface area contributed by atoms with E-state index in [2.05, 4.69) is 39.6 Å². The van der Waals surface area contributed by atoms with Gasteiger partial charge in [0.2, 0.25) is 5.91 Å². The van der Waals surface area contributed by atoms with Gasteiger partial charge in [-0.25, -0.2) is 4.68 Å². The zero-order valence-electron chi connectivity index (χ0n) is 17.8. The van der Waals surface area contributed by atoms with E-state index < -0.39 is 0 Å². The average Bonchev–Trinajstić information content (AvgIpc) is 3.46. The quantitative estimate of drug-likeness (QED) is 0.640. The van der Waals surface area contributed by atoms with Gasteiger partial charge in [-0.2, -0.15) is 5.10 Å². The molecule has 1 N–H and O–H groups in total. The number of likely N-dealkylation sites (tertiary alicyclic amines) is 1. The van der Waals surface area contributed by atoms with E-state index in [4.69, 9.17) is 0 Å². The van der Waals surface area contributed by atoms with E-state index in [1.807, 2.05) is 42.6 Å². The van der Waals surface area contributed by atoms with Gasteiger partial charge in [0.15, 0.2) is 0 Å². The molecule has 2 aromatic heterocycles. The van der Waals surface area contributed by atoms with Crippen LogP contribution in [0.2, 0.25) is 0 Å². The minimum atomic E-state index is -0.102. The fourth-order valence-electron chi connectivity index (χ4n) is 3.77. The predicted octanol–water partition coefficient (Wildman–Crippen LogP) is 3.55. The number of nitrogens with zero attached hydrogens (tertiary/aromatic N) is 4. The van der Waals surface area contributed by atoms with Crippen LogP contribution in [0.25, 0.3) is 0 Å². The van der Waals surface area contributed by atoms with Crippen LogP contribution >= 0.6 is 11.3 Å². The maximum absolute atomic E-state index is 12.8. The van der Waals surface area contributed by atoms with E-state index in [1.54, 1.807) is 10.9 Å². The van der Waals surface area contributed by atoms with E-state index in [0.29, 0.717) is 38.3 Å². The molecule has 0 unspecified atom stereocenters. The summed E-state index contributed by atoms with van der Waals surface area (Å²) in [4.78, 5) is 30.0. The zero-order chi connectivity index (χ0) is 21.8. The average molecular weight is 438 g/mol. The predicted molar refractivity (Wildman–Crippen MR) is 124 cm³/mol. The molecule has 31 heavy (non-hydrogen) atoms. The van der Waals surface area contributed by atoms with Gasteiger partial charge in [0.05, 0.1) is 17.6 Å². The summed E-state index contributed by atoms with van der Waals surface area (Å²) < 4.78 is 1.80. The lowest BCUT2D eigenvalue weighted by atomic mass is 9.96. The molecule has 0 atom stereocenters. The summed E-state index contributed by atoms with van der Waals surface area (Å²) in [6.07, 6.45) is 3.04. The third-order valence-corrected chi connectivity index (χ3v) is 6.50. The number of hydrogen-bond donors (Lipinski definition) is 1. The Morgan fingerprint density at radius 1 is 1.13 bits per heavy atom. The van der Waals surface area contributed by atoms with Gasteiger partial charge < -0.3 is 15.1 Å². The molecule has 0 spiro atoms. The smallest absolute Gasteiger partial charge is 0.263 e. The van der Waals surface area contributed by atoms with Crippen molar-refractivity contribution in [3.8, 4) is 0 Å². The van der Waals surface area contributed by atoms with Crippen molar-refractivity contribution in [1.29, 1.82) is 0 Å². The molecule has 1 aliphatic rings. The van der Waals surface area contributed by atoms with Gasteiger partial charge in [-0.1, -0.05) is 18.2 Å². The molecule has 1 fully saturated rings. The summed E-state index contributed by atoms with van der Waals surface area (Å²) in [7, 11) is 4.03. The third kappa shape index (κ3) is 4.96. The SMILES string of the molecule is CN(C)c1ccc(Cn2nccc2NC(=O)C2CCN(C(=O)c3cccs3)CC2)cc1. The van der Waals surface area contributed by atoms with Gasteiger partial charge in [0, 0.05) is 44.9 Å². The van der Waals surface area contributed by atoms with Crippen molar-refractivity contribution >= 4 is 34.7 Å². The molecule has 0 bridgehead atoms. The van der Waals surface area contributed by atoms with Crippen molar-refractivity contribution in [1.82, 2.24) is 14.7 Å². The van der Waals surface area contributed by atoms with Gasteiger partial charge in [-0.3, -0.25) is 9.59 Å². The van der Waals surface area contributed by atoms with Crippen LogP contribution in [0.5, 0.6) is 0 Å². The Kier molecular flexibility index (Phi) is 6.36. The van der Waals surface area contributed by atoms with Crippen LogP contribution in [0.4, 0.5) is 11.5 Å². The normalized spacial score (nSPS) is 14.5. The zero-order valence-corrected chi connectivity index (χ0v) is 18.6. The Morgan fingerprint density at radius 3 is 2.52 bits per heavy atom. The number of piperidine rings is 1. The number of carbonyl (C=O) groups is 2. The van der Waals surface area contributed by atoms with Crippen LogP contribution in [0.15, 0.2) is 54.0 Å². The minimum absolute atomic E-state index is 0.00655. The Bertz CT molecular complexity index is 1020. The maximum Gasteiger partial charge on any atom is 0.263 e. The van der Waals surface area contributed by atoms with Crippen LogP contribution in [0, 0.1) is 5.92 Å². The molecule has 0 radical (unpaired) electrons. The highest BCUT2D eigenvalue weighted by Crippen LogP contribution is 2.23. The topological polar surface area (TPSA) is 70.5 Å². The van der Waals surface area contributed by atoms with Gasteiger partial charge in [-0.15, -0.1) is 11.3 Å². The lowest BCUT2D eigenvalue weighted by Crippen LogP contribution is -2.41. The van der Waals surface area contributed by atoms with E-state index in [9.17, 15) is 9.59 Å². The highest BCUT2D eigenvalue weighted by molar-refractivity contribution is 7.12. The van der Waals surface area contributed by atoms with Crippen molar-refractivity contribution in [2.24, 2.45) is 5.92 Å². The molecule has 1 saturated heterocycles. The number of aromatic nitrogens is 2. The van der Waals surface area contributed by atoms with Crippen molar-refractivity contribution in [2.45, 2.75) is 19.4 Å². The molecule has 3 heterocycles. The lowest BCUT2D eigenvalue weighted by molar-refractivity contribution is -0.121. The van der Waals surface area contributed by atoms with Gasteiger partial charge in [0.25, 0.3) is 5.91 Å². The Labute approximate surface area is 186 Å². The number of amides is 2. The molecule has 0 aliphatic carbocycles. The first-order chi connectivity index (χ1) is 15.0. The molecule has 2 amide bonds. The molecule has 1 aliphatic heterocycles. The molecule has 8 heteroatoms. The summed E-state index contributed by atoms with van der Waals surface area (Å²) in [6, 6.07) is 13.8. The standard InChI is InChI=1S/C23H27N5O2S/c1-26(2)19-7-5-17(6-8-19)16-28-21(9-12-24-28)25-22(29)18-10-13-27(14-11-18)23(30)20-4-3-15-31-20/h3-9,12,15,18H,10-11,13-14,16H2,1-2H3,(H,25,29). The number of anilines is 2. The van der Waals surface area contributed by atoms with Crippen molar-refractivity contribution in [3.05, 3.63) is 64.5 Å². The number of carbonyl (C=O) groups excluding carboxylic acids is 2. The first-order valence-electron chi connectivity index (χ1n) is 10.4. The largest absolute Gasteiger partial charge is 0.378 e. The number of thiophene rings is 1.